The molecule has 0 spiro atoms. The first-order valence-corrected chi connectivity index (χ1v) is 8.81. The number of likely N-dealkylation sites (tertiary alicyclic amines) is 1. The second-order valence-corrected chi connectivity index (χ2v) is 6.60. The maximum Gasteiger partial charge on any atom is 0.272 e. The summed E-state index contributed by atoms with van der Waals surface area (Å²) < 4.78 is 5.49. The number of nitrogens with zero attached hydrogens (tertiary/aromatic N) is 4. The number of aryl methyl sites for hydroxylation is 1. The van der Waals surface area contributed by atoms with E-state index in [4.69, 9.17) is 4.52 Å². The Labute approximate surface area is 151 Å². The van der Waals surface area contributed by atoms with Gasteiger partial charge in [0.25, 0.3) is 5.91 Å². The lowest BCUT2D eigenvalue weighted by Gasteiger charge is -2.30. The molecule has 0 unspecified atom stereocenters. The van der Waals surface area contributed by atoms with Crippen molar-refractivity contribution < 1.29 is 9.32 Å². The summed E-state index contributed by atoms with van der Waals surface area (Å²) in [6, 6.07) is 13.5. The largest absolute Gasteiger partial charge is 0.339 e. The van der Waals surface area contributed by atoms with E-state index >= 15 is 0 Å². The van der Waals surface area contributed by atoms with Crippen LogP contribution in [0.1, 0.15) is 40.7 Å². The fourth-order valence-electron chi connectivity index (χ4n) is 3.20. The van der Waals surface area contributed by atoms with Crippen molar-refractivity contribution in [3.8, 4) is 11.4 Å². The number of aromatic nitrogens is 3. The number of carbonyl (C=O) groups is 1. The van der Waals surface area contributed by atoms with Crippen LogP contribution in [0.15, 0.2) is 53.2 Å². The van der Waals surface area contributed by atoms with Crippen molar-refractivity contribution >= 4 is 5.91 Å². The smallest absolute Gasteiger partial charge is 0.272 e. The lowest BCUT2D eigenvalue weighted by molar-refractivity contribution is 0.0698. The van der Waals surface area contributed by atoms with Crippen LogP contribution in [-0.4, -0.2) is 39.0 Å². The number of hydrogen-bond donors (Lipinski definition) is 0. The predicted molar refractivity (Wildman–Crippen MR) is 96.6 cm³/mol. The Morgan fingerprint density at radius 1 is 1.12 bits per heavy atom. The first kappa shape index (κ1) is 16.4. The van der Waals surface area contributed by atoms with E-state index in [1.165, 1.54) is 5.56 Å². The molecule has 0 radical (unpaired) electrons. The Balaban J connectivity index is 1.41. The lowest BCUT2D eigenvalue weighted by atomic mass is 9.96. The number of benzene rings is 1. The van der Waals surface area contributed by atoms with Gasteiger partial charge >= 0.3 is 0 Å². The Morgan fingerprint density at radius 2 is 1.88 bits per heavy atom. The average molecular weight is 348 g/mol. The van der Waals surface area contributed by atoms with Crippen LogP contribution in [0.2, 0.25) is 0 Å². The highest BCUT2D eigenvalue weighted by atomic mass is 16.5. The summed E-state index contributed by atoms with van der Waals surface area (Å²) in [6.07, 6.45) is 3.27. The van der Waals surface area contributed by atoms with Crippen molar-refractivity contribution in [1.82, 2.24) is 20.0 Å². The van der Waals surface area contributed by atoms with Gasteiger partial charge in [0.15, 0.2) is 0 Å². The quantitative estimate of drug-likeness (QED) is 0.725. The molecule has 3 heterocycles. The second kappa shape index (κ2) is 7.07. The van der Waals surface area contributed by atoms with Crippen molar-refractivity contribution in [2.24, 2.45) is 0 Å². The fourth-order valence-corrected chi connectivity index (χ4v) is 3.20. The van der Waals surface area contributed by atoms with Crippen LogP contribution in [0, 0.1) is 6.92 Å². The molecule has 1 fully saturated rings. The van der Waals surface area contributed by atoms with Gasteiger partial charge < -0.3 is 9.42 Å². The Morgan fingerprint density at radius 3 is 2.58 bits per heavy atom. The van der Waals surface area contributed by atoms with Gasteiger partial charge in [-0.1, -0.05) is 41.1 Å². The van der Waals surface area contributed by atoms with Gasteiger partial charge in [0.05, 0.1) is 0 Å². The highest BCUT2D eigenvalue weighted by Gasteiger charge is 2.28. The van der Waals surface area contributed by atoms with Crippen LogP contribution in [0.3, 0.4) is 0 Å². The zero-order chi connectivity index (χ0) is 17.9. The summed E-state index contributed by atoms with van der Waals surface area (Å²) in [6.45, 7) is 3.39. The molecule has 0 N–H and O–H groups in total. The molecule has 0 saturated carbocycles. The van der Waals surface area contributed by atoms with E-state index in [9.17, 15) is 4.79 Å². The molecule has 26 heavy (non-hydrogen) atoms. The molecule has 0 bridgehead atoms. The Bertz CT molecular complexity index is 882. The van der Waals surface area contributed by atoms with E-state index in [0.29, 0.717) is 30.5 Å². The molecule has 132 valence electrons. The Kier molecular flexibility index (Phi) is 4.48. The second-order valence-electron chi connectivity index (χ2n) is 6.60. The molecule has 1 aromatic carbocycles. The highest BCUT2D eigenvalue weighted by molar-refractivity contribution is 5.92. The number of hydrogen-bond acceptors (Lipinski definition) is 5. The van der Waals surface area contributed by atoms with Crippen LogP contribution >= 0.6 is 0 Å². The van der Waals surface area contributed by atoms with E-state index < -0.39 is 0 Å². The molecule has 6 heteroatoms. The first-order chi connectivity index (χ1) is 12.7. The van der Waals surface area contributed by atoms with Crippen molar-refractivity contribution in [3.63, 3.8) is 0 Å². The number of amides is 1. The fraction of sp³-hybridized carbons (Fsp3) is 0.300. The average Bonchev–Trinajstić information content (AvgIpc) is 3.19. The molecule has 1 aliphatic heterocycles. The molecule has 4 rings (SSSR count). The summed E-state index contributed by atoms with van der Waals surface area (Å²) in [5.74, 6) is 1.45. The topological polar surface area (TPSA) is 72.1 Å². The van der Waals surface area contributed by atoms with Gasteiger partial charge in [-0.15, -0.1) is 0 Å². The summed E-state index contributed by atoms with van der Waals surface area (Å²) in [5.41, 5.74) is 2.64. The summed E-state index contributed by atoms with van der Waals surface area (Å²) >= 11 is 0. The van der Waals surface area contributed by atoms with Crippen molar-refractivity contribution in [3.05, 3.63) is 65.8 Å². The van der Waals surface area contributed by atoms with Gasteiger partial charge in [-0.3, -0.25) is 9.78 Å². The number of piperidine rings is 1. The minimum atomic E-state index is -0.0186. The van der Waals surface area contributed by atoms with Crippen LogP contribution < -0.4 is 0 Å². The van der Waals surface area contributed by atoms with Crippen molar-refractivity contribution in [2.75, 3.05) is 13.1 Å². The van der Waals surface area contributed by atoms with Gasteiger partial charge in [-0.2, -0.15) is 4.98 Å². The summed E-state index contributed by atoms with van der Waals surface area (Å²) in [5, 5.41) is 4.12. The monoisotopic (exact) mass is 348 g/mol. The third-order valence-corrected chi connectivity index (χ3v) is 4.77. The molecule has 1 saturated heterocycles. The molecular formula is C20H20N4O2. The maximum absolute atomic E-state index is 12.5. The van der Waals surface area contributed by atoms with E-state index in [1.807, 2.05) is 48.2 Å². The van der Waals surface area contributed by atoms with Crippen LogP contribution in [0.5, 0.6) is 0 Å². The number of carbonyl (C=O) groups excluding carboxylic acids is 1. The minimum absolute atomic E-state index is 0.0186. The van der Waals surface area contributed by atoms with E-state index in [0.717, 1.165) is 18.4 Å². The van der Waals surface area contributed by atoms with E-state index in [2.05, 4.69) is 15.1 Å². The predicted octanol–water partition coefficient (Wildman–Crippen LogP) is 3.46. The van der Waals surface area contributed by atoms with Gasteiger partial charge in [-0.05, 0) is 31.9 Å². The SMILES string of the molecule is Cc1ccc(-c2noc(C3CCN(C(=O)c4ccccn4)CC3)n2)cc1. The van der Waals surface area contributed by atoms with E-state index in [-0.39, 0.29) is 11.8 Å². The first-order valence-electron chi connectivity index (χ1n) is 8.81. The van der Waals surface area contributed by atoms with Gasteiger partial charge in [0.1, 0.15) is 5.69 Å². The minimum Gasteiger partial charge on any atom is -0.339 e. The molecular weight excluding hydrogens is 328 g/mol. The van der Waals surface area contributed by atoms with Crippen molar-refractivity contribution in [2.45, 2.75) is 25.7 Å². The summed E-state index contributed by atoms with van der Waals surface area (Å²) in [7, 11) is 0. The molecule has 3 aromatic rings. The zero-order valence-electron chi connectivity index (χ0n) is 14.6. The molecule has 2 aromatic heterocycles. The normalized spacial score (nSPS) is 15.2. The Hall–Kier alpha value is -3.02. The molecule has 0 aliphatic carbocycles. The standard InChI is InChI=1S/C20H20N4O2/c1-14-5-7-15(8-6-14)18-22-19(26-23-18)16-9-12-24(13-10-16)20(25)17-4-2-3-11-21-17/h2-8,11,16H,9-10,12-13H2,1H3. The van der Waals surface area contributed by atoms with Crippen LogP contribution in [-0.2, 0) is 0 Å². The molecule has 1 aliphatic rings. The lowest BCUT2D eigenvalue weighted by Crippen LogP contribution is -2.38. The zero-order valence-corrected chi connectivity index (χ0v) is 14.6. The number of pyridine rings is 1. The third kappa shape index (κ3) is 3.35. The van der Waals surface area contributed by atoms with Gasteiger partial charge in [-0.25, -0.2) is 0 Å². The van der Waals surface area contributed by atoms with Crippen LogP contribution in [0.4, 0.5) is 0 Å². The van der Waals surface area contributed by atoms with Gasteiger partial charge in [0.2, 0.25) is 11.7 Å². The highest BCUT2D eigenvalue weighted by Crippen LogP contribution is 2.29. The molecule has 1 amide bonds. The van der Waals surface area contributed by atoms with Gasteiger partial charge in [0, 0.05) is 30.8 Å². The number of rotatable bonds is 3. The molecule has 0 atom stereocenters. The maximum atomic E-state index is 12.5. The van der Waals surface area contributed by atoms with E-state index in [1.54, 1.807) is 12.3 Å². The molecule has 6 nitrogen and oxygen atoms in total. The van der Waals surface area contributed by atoms with Crippen molar-refractivity contribution in [1.29, 1.82) is 0 Å². The third-order valence-electron chi connectivity index (χ3n) is 4.77. The summed E-state index contributed by atoms with van der Waals surface area (Å²) in [4.78, 5) is 23.0. The van der Waals surface area contributed by atoms with Crippen LogP contribution in [0.25, 0.3) is 11.4 Å².